The summed E-state index contributed by atoms with van der Waals surface area (Å²) in [5.74, 6) is -0.405. The first-order valence-corrected chi connectivity index (χ1v) is 10.7. The Morgan fingerprint density at radius 3 is 2.84 bits per heavy atom. The van der Waals surface area contributed by atoms with E-state index in [9.17, 15) is 14.0 Å². The van der Waals surface area contributed by atoms with Crippen LogP contribution in [0.2, 0.25) is 5.02 Å². The third-order valence-corrected chi connectivity index (χ3v) is 5.85. The number of nitrogens with one attached hydrogen (secondary N) is 2. The van der Waals surface area contributed by atoms with Crippen LogP contribution in [0.25, 0.3) is 0 Å². The van der Waals surface area contributed by atoms with Gasteiger partial charge in [0.2, 0.25) is 0 Å². The molecule has 0 bridgehead atoms. The lowest BCUT2D eigenvalue weighted by Gasteiger charge is -2.21. The highest BCUT2D eigenvalue weighted by Crippen LogP contribution is 2.29. The molecule has 2 amide bonds. The summed E-state index contributed by atoms with van der Waals surface area (Å²) in [5.41, 5.74) is 2.01. The average Bonchev–Trinajstić information content (AvgIpc) is 3.30. The molecule has 2 heterocycles. The van der Waals surface area contributed by atoms with Crippen molar-refractivity contribution in [2.75, 3.05) is 18.7 Å². The maximum absolute atomic E-state index is 13.8. The predicted molar refractivity (Wildman–Crippen MR) is 116 cm³/mol. The molecule has 31 heavy (non-hydrogen) atoms. The minimum absolute atomic E-state index is 0.114. The van der Waals surface area contributed by atoms with E-state index in [-0.39, 0.29) is 37.6 Å². The van der Waals surface area contributed by atoms with E-state index >= 15 is 0 Å². The zero-order valence-electron chi connectivity index (χ0n) is 16.2. The molecule has 1 aliphatic heterocycles. The Hall–Kier alpha value is -2.94. The van der Waals surface area contributed by atoms with Gasteiger partial charge in [0.15, 0.2) is 6.79 Å². The fourth-order valence-corrected chi connectivity index (χ4v) is 3.99. The molecule has 3 aromatic rings. The summed E-state index contributed by atoms with van der Waals surface area (Å²) < 4.78 is 24.5. The summed E-state index contributed by atoms with van der Waals surface area (Å²) in [7, 11) is 0. The molecule has 2 N–H and O–H groups in total. The molecule has 160 valence electrons. The standard InChI is InChI=1S/C22H18ClFN2O4S/c23-17-4-3-14(10-18(17)26-22(28)19-2-1-7-31-19)21(27)25-6-5-13-8-16(24)9-15-11-29-12-30-20(13)15/h1-4,7-10H,5-6,11-12H2,(H,25,27)(H,26,28). The number of thiophene rings is 1. The number of benzene rings is 2. The van der Waals surface area contributed by atoms with Crippen molar-refractivity contribution >= 4 is 40.4 Å². The van der Waals surface area contributed by atoms with Crippen LogP contribution in [0, 0.1) is 5.82 Å². The molecule has 1 aliphatic rings. The number of hydrogen-bond acceptors (Lipinski definition) is 5. The summed E-state index contributed by atoms with van der Waals surface area (Å²) in [4.78, 5) is 25.4. The van der Waals surface area contributed by atoms with Crippen LogP contribution in [0.1, 0.15) is 31.2 Å². The molecular formula is C22H18ClFN2O4S. The van der Waals surface area contributed by atoms with Crippen molar-refractivity contribution in [2.45, 2.75) is 13.0 Å². The van der Waals surface area contributed by atoms with Gasteiger partial charge in [-0.1, -0.05) is 17.7 Å². The Bertz CT molecular complexity index is 1120. The number of carbonyl (C=O) groups is 2. The Balaban J connectivity index is 1.40. The van der Waals surface area contributed by atoms with E-state index in [0.717, 1.165) is 0 Å². The van der Waals surface area contributed by atoms with E-state index in [1.54, 1.807) is 29.6 Å². The van der Waals surface area contributed by atoms with E-state index in [0.29, 0.717) is 44.4 Å². The van der Waals surface area contributed by atoms with Gasteiger partial charge in [-0.25, -0.2) is 4.39 Å². The third kappa shape index (κ3) is 5.04. The number of rotatable bonds is 6. The molecule has 0 radical (unpaired) electrons. The van der Waals surface area contributed by atoms with Crippen LogP contribution in [0.3, 0.4) is 0 Å². The first-order valence-electron chi connectivity index (χ1n) is 9.45. The normalized spacial score (nSPS) is 12.6. The summed E-state index contributed by atoms with van der Waals surface area (Å²) >= 11 is 7.48. The second kappa shape index (κ2) is 9.47. The first-order chi connectivity index (χ1) is 15.0. The first kappa shape index (κ1) is 21.3. The second-order valence-corrected chi connectivity index (χ2v) is 8.15. The van der Waals surface area contributed by atoms with E-state index in [4.69, 9.17) is 21.1 Å². The molecule has 0 fully saturated rings. The van der Waals surface area contributed by atoms with Crippen molar-refractivity contribution in [1.82, 2.24) is 5.32 Å². The van der Waals surface area contributed by atoms with Gasteiger partial charge in [0.05, 0.1) is 22.2 Å². The molecule has 0 aliphatic carbocycles. The molecule has 6 nitrogen and oxygen atoms in total. The van der Waals surface area contributed by atoms with Crippen molar-refractivity contribution in [1.29, 1.82) is 0 Å². The SMILES string of the molecule is O=C(NCCc1cc(F)cc2c1OCOC2)c1ccc(Cl)c(NC(=O)c2cccs2)c1. The summed E-state index contributed by atoms with van der Waals surface area (Å²) in [6.07, 6.45) is 0.390. The largest absolute Gasteiger partial charge is 0.467 e. The van der Waals surface area contributed by atoms with Gasteiger partial charge < -0.3 is 20.1 Å². The number of fused-ring (bicyclic) bond motifs is 1. The lowest BCUT2D eigenvalue weighted by molar-refractivity contribution is -0.0172. The Kier molecular flexibility index (Phi) is 6.50. The number of hydrogen-bond donors (Lipinski definition) is 2. The molecule has 4 rings (SSSR count). The van der Waals surface area contributed by atoms with Crippen molar-refractivity contribution < 1.29 is 23.5 Å². The van der Waals surface area contributed by atoms with Gasteiger partial charge >= 0.3 is 0 Å². The summed E-state index contributed by atoms with van der Waals surface area (Å²) in [6.45, 7) is 0.679. The summed E-state index contributed by atoms with van der Waals surface area (Å²) in [6, 6.07) is 10.9. The molecule has 0 atom stereocenters. The van der Waals surface area contributed by atoms with Gasteiger partial charge in [-0.15, -0.1) is 11.3 Å². The third-order valence-electron chi connectivity index (χ3n) is 4.65. The molecule has 0 saturated carbocycles. The van der Waals surface area contributed by atoms with Crippen LogP contribution in [0.5, 0.6) is 5.75 Å². The van der Waals surface area contributed by atoms with Crippen LogP contribution < -0.4 is 15.4 Å². The highest BCUT2D eigenvalue weighted by Gasteiger charge is 2.17. The van der Waals surface area contributed by atoms with E-state index in [2.05, 4.69) is 10.6 Å². The van der Waals surface area contributed by atoms with Gasteiger partial charge in [0.1, 0.15) is 11.6 Å². The molecule has 0 spiro atoms. The van der Waals surface area contributed by atoms with Crippen LogP contribution in [0.15, 0.2) is 47.8 Å². The maximum atomic E-state index is 13.8. The number of amides is 2. The van der Waals surface area contributed by atoms with Crippen LogP contribution in [-0.2, 0) is 17.8 Å². The number of halogens is 2. The Labute approximate surface area is 186 Å². The minimum atomic E-state index is -0.377. The Morgan fingerprint density at radius 1 is 1.16 bits per heavy atom. The summed E-state index contributed by atoms with van der Waals surface area (Å²) in [5, 5.41) is 7.64. The molecule has 0 saturated heterocycles. The highest BCUT2D eigenvalue weighted by atomic mass is 35.5. The van der Waals surface area contributed by atoms with Crippen molar-refractivity contribution in [3.8, 4) is 5.75 Å². The predicted octanol–water partition coefficient (Wildman–Crippen LogP) is 4.63. The fraction of sp³-hybridized carbons (Fsp3) is 0.182. The number of ether oxygens (including phenoxy) is 2. The molecule has 2 aromatic carbocycles. The maximum Gasteiger partial charge on any atom is 0.265 e. The topological polar surface area (TPSA) is 76.7 Å². The lowest BCUT2D eigenvalue weighted by atomic mass is 10.1. The van der Waals surface area contributed by atoms with Gasteiger partial charge in [0.25, 0.3) is 11.8 Å². The minimum Gasteiger partial charge on any atom is -0.467 e. The van der Waals surface area contributed by atoms with Crippen LogP contribution >= 0.6 is 22.9 Å². The lowest BCUT2D eigenvalue weighted by Crippen LogP contribution is -2.26. The molecule has 1 aromatic heterocycles. The molecule has 0 unspecified atom stereocenters. The second-order valence-electron chi connectivity index (χ2n) is 6.80. The van der Waals surface area contributed by atoms with Gasteiger partial charge in [-0.05, 0) is 53.8 Å². The van der Waals surface area contributed by atoms with Crippen LogP contribution in [-0.4, -0.2) is 25.2 Å². The quantitative estimate of drug-likeness (QED) is 0.562. The highest BCUT2D eigenvalue weighted by molar-refractivity contribution is 7.12. The molecular weight excluding hydrogens is 443 g/mol. The smallest absolute Gasteiger partial charge is 0.265 e. The van der Waals surface area contributed by atoms with E-state index in [1.165, 1.54) is 29.5 Å². The van der Waals surface area contributed by atoms with Gasteiger partial charge in [-0.2, -0.15) is 0 Å². The average molecular weight is 461 g/mol. The Morgan fingerprint density at radius 2 is 2.03 bits per heavy atom. The zero-order chi connectivity index (χ0) is 21.8. The number of anilines is 1. The number of carbonyl (C=O) groups excluding carboxylic acids is 2. The van der Waals surface area contributed by atoms with Crippen molar-refractivity contribution in [3.05, 3.63) is 80.3 Å². The van der Waals surface area contributed by atoms with Crippen molar-refractivity contribution in [2.24, 2.45) is 0 Å². The molecule has 9 heteroatoms. The van der Waals surface area contributed by atoms with Gasteiger partial charge in [0, 0.05) is 17.7 Å². The van der Waals surface area contributed by atoms with Crippen molar-refractivity contribution in [3.63, 3.8) is 0 Å². The fourth-order valence-electron chi connectivity index (χ4n) is 3.21. The van der Waals surface area contributed by atoms with Gasteiger partial charge in [-0.3, -0.25) is 9.59 Å². The monoisotopic (exact) mass is 460 g/mol. The zero-order valence-corrected chi connectivity index (χ0v) is 17.8. The van der Waals surface area contributed by atoms with E-state index in [1.807, 2.05) is 0 Å². The van der Waals surface area contributed by atoms with Crippen LogP contribution in [0.4, 0.5) is 10.1 Å². The van der Waals surface area contributed by atoms with E-state index < -0.39 is 0 Å².